The zero-order valence-electron chi connectivity index (χ0n) is 13.3. The number of rotatable bonds is 5. The molecule has 0 unspecified atom stereocenters. The van der Waals surface area contributed by atoms with Crippen LogP contribution in [-0.4, -0.2) is 11.7 Å². The van der Waals surface area contributed by atoms with E-state index in [1.54, 1.807) is 0 Å². The normalized spacial score (nSPS) is 11.5. The molecular formula is C17H27NO2. The lowest BCUT2D eigenvalue weighted by Crippen LogP contribution is -2.32. The van der Waals surface area contributed by atoms with Gasteiger partial charge in [-0.1, -0.05) is 38.1 Å². The van der Waals surface area contributed by atoms with Gasteiger partial charge in [0.05, 0.1) is 0 Å². The van der Waals surface area contributed by atoms with Crippen molar-refractivity contribution in [1.82, 2.24) is 5.32 Å². The third kappa shape index (κ3) is 7.17. The Hall–Kier alpha value is -1.51. The smallest absolute Gasteiger partial charge is 0.407 e. The van der Waals surface area contributed by atoms with Gasteiger partial charge in [0.2, 0.25) is 0 Å². The molecule has 1 amide bonds. The Morgan fingerprint density at radius 3 is 2.50 bits per heavy atom. The number of amides is 1. The molecule has 0 heterocycles. The van der Waals surface area contributed by atoms with Crippen molar-refractivity contribution in [2.24, 2.45) is 5.92 Å². The minimum Gasteiger partial charge on any atom is -0.444 e. The molecule has 20 heavy (non-hydrogen) atoms. The third-order valence-electron chi connectivity index (χ3n) is 2.84. The summed E-state index contributed by atoms with van der Waals surface area (Å²) in [5.74, 6) is 0.707. The largest absolute Gasteiger partial charge is 0.444 e. The highest BCUT2D eigenvalue weighted by Gasteiger charge is 2.15. The fourth-order valence-electron chi connectivity index (χ4n) is 1.84. The summed E-state index contributed by atoms with van der Waals surface area (Å²) in [6.07, 6.45) is 1.89. The number of carbonyl (C=O) groups is 1. The van der Waals surface area contributed by atoms with Gasteiger partial charge >= 0.3 is 6.09 Å². The maximum Gasteiger partial charge on any atom is 0.407 e. The molecule has 0 aliphatic carbocycles. The van der Waals surface area contributed by atoms with E-state index >= 15 is 0 Å². The van der Waals surface area contributed by atoms with Crippen molar-refractivity contribution in [2.45, 2.75) is 59.6 Å². The molecule has 1 aromatic rings. The van der Waals surface area contributed by atoms with Gasteiger partial charge in [0, 0.05) is 6.54 Å². The van der Waals surface area contributed by atoms with Crippen LogP contribution in [0.15, 0.2) is 24.3 Å². The monoisotopic (exact) mass is 277 g/mol. The number of alkyl carbamates (subject to hydrolysis) is 1. The van der Waals surface area contributed by atoms with Crippen molar-refractivity contribution < 1.29 is 9.53 Å². The van der Waals surface area contributed by atoms with E-state index in [1.807, 2.05) is 32.9 Å². The Balaban J connectivity index is 2.48. The molecule has 0 fully saturated rings. The quantitative estimate of drug-likeness (QED) is 0.871. The predicted molar refractivity (Wildman–Crippen MR) is 82.7 cm³/mol. The molecule has 112 valence electrons. The van der Waals surface area contributed by atoms with Gasteiger partial charge in [-0.25, -0.2) is 4.79 Å². The van der Waals surface area contributed by atoms with Gasteiger partial charge in [-0.3, -0.25) is 0 Å². The van der Waals surface area contributed by atoms with Crippen molar-refractivity contribution in [3.63, 3.8) is 0 Å². The molecule has 0 bridgehead atoms. The van der Waals surface area contributed by atoms with Gasteiger partial charge in [0.25, 0.3) is 0 Å². The molecule has 0 saturated carbocycles. The molecular weight excluding hydrogens is 250 g/mol. The molecule has 3 heteroatoms. The molecule has 0 atom stereocenters. The molecule has 0 saturated heterocycles. The molecule has 1 N–H and O–H groups in total. The van der Waals surface area contributed by atoms with E-state index in [-0.39, 0.29) is 6.09 Å². The summed E-state index contributed by atoms with van der Waals surface area (Å²) < 4.78 is 5.22. The predicted octanol–water partition coefficient (Wildman–Crippen LogP) is 4.30. The van der Waals surface area contributed by atoms with Gasteiger partial charge in [-0.2, -0.15) is 0 Å². The number of ether oxygens (including phenoxy) is 1. The Morgan fingerprint density at radius 2 is 1.90 bits per heavy atom. The summed E-state index contributed by atoms with van der Waals surface area (Å²) in [4.78, 5) is 11.6. The van der Waals surface area contributed by atoms with Crippen LogP contribution in [0.1, 0.15) is 52.2 Å². The zero-order valence-corrected chi connectivity index (χ0v) is 13.3. The second-order valence-electron chi connectivity index (χ2n) is 6.61. The lowest BCUT2D eigenvalue weighted by molar-refractivity contribution is 0.0523. The number of carbonyl (C=O) groups excluding carboxylic acids is 1. The molecule has 0 aliphatic heterocycles. The minimum atomic E-state index is -0.455. The van der Waals surface area contributed by atoms with Crippen molar-refractivity contribution in [3.8, 4) is 0 Å². The summed E-state index contributed by atoms with van der Waals surface area (Å²) in [6, 6.07) is 8.36. The number of hydrogen-bond acceptors (Lipinski definition) is 2. The first-order chi connectivity index (χ1) is 9.26. The van der Waals surface area contributed by atoms with E-state index in [9.17, 15) is 4.79 Å². The highest BCUT2D eigenvalue weighted by Crippen LogP contribution is 2.12. The van der Waals surface area contributed by atoms with E-state index in [0.717, 1.165) is 12.0 Å². The highest BCUT2D eigenvalue weighted by molar-refractivity contribution is 5.67. The van der Waals surface area contributed by atoms with E-state index < -0.39 is 5.60 Å². The Kier molecular flexibility index (Phi) is 6.05. The maximum atomic E-state index is 11.6. The van der Waals surface area contributed by atoms with Crippen LogP contribution in [0.5, 0.6) is 0 Å². The van der Waals surface area contributed by atoms with Gasteiger partial charge in [-0.05, 0) is 50.7 Å². The molecule has 1 rings (SSSR count). The topological polar surface area (TPSA) is 38.3 Å². The first-order valence-corrected chi connectivity index (χ1v) is 7.31. The number of benzene rings is 1. The summed E-state index contributed by atoms with van der Waals surface area (Å²) in [5.41, 5.74) is 1.97. The Bertz CT molecular complexity index is 433. The first kappa shape index (κ1) is 16.5. The van der Waals surface area contributed by atoms with Crippen LogP contribution < -0.4 is 5.32 Å². The summed E-state index contributed by atoms with van der Waals surface area (Å²) in [6.45, 7) is 10.5. The van der Waals surface area contributed by atoms with Crippen LogP contribution in [-0.2, 0) is 17.7 Å². The van der Waals surface area contributed by atoms with E-state index in [1.165, 1.54) is 12.0 Å². The standard InChI is InChI=1S/C17H27NO2/c1-13(2)9-10-14-7-6-8-15(11-14)12-18-16(19)20-17(3,4)5/h6-8,11,13H,9-10,12H2,1-5H3,(H,18,19). The van der Waals surface area contributed by atoms with Crippen LogP contribution in [0.25, 0.3) is 0 Å². The summed E-state index contributed by atoms with van der Waals surface area (Å²) in [5, 5.41) is 2.79. The average molecular weight is 277 g/mol. The van der Waals surface area contributed by atoms with Crippen LogP contribution in [0.3, 0.4) is 0 Å². The van der Waals surface area contributed by atoms with Crippen molar-refractivity contribution in [2.75, 3.05) is 0 Å². The van der Waals surface area contributed by atoms with E-state index in [0.29, 0.717) is 12.5 Å². The van der Waals surface area contributed by atoms with Crippen LogP contribution in [0.2, 0.25) is 0 Å². The molecule has 0 spiro atoms. The number of hydrogen-bond donors (Lipinski definition) is 1. The lowest BCUT2D eigenvalue weighted by Gasteiger charge is -2.19. The number of nitrogens with one attached hydrogen (secondary N) is 1. The second kappa shape index (κ2) is 7.32. The van der Waals surface area contributed by atoms with E-state index in [2.05, 4.69) is 31.3 Å². The van der Waals surface area contributed by atoms with Crippen molar-refractivity contribution in [1.29, 1.82) is 0 Å². The van der Waals surface area contributed by atoms with Crippen LogP contribution in [0.4, 0.5) is 4.79 Å². The molecule has 0 aromatic heterocycles. The lowest BCUT2D eigenvalue weighted by atomic mass is 10.0. The fraction of sp³-hybridized carbons (Fsp3) is 0.588. The summed E-state index contributed by atoms with van der Waals surface area (Å²) in [7, 11) is 0. The van der Waals surface area contributed by atoms with Gasteiger partial charge < -0.3 is 10.1 Å². The van der Waals surface area contributed by atoms with Crippen molar-refractivity contribution in [3.05, 3.63) is 35.4 Å². The second-order valence-corrected chi connectivity index (χ2v) is 6.61. The summed E-state index contributed by atoms with van der Waals surface area (Å²) >= 11 is 0. The van der Waals surface area contributed by atoms with Crippen LogP contribution in [0, 0.1) is 5.92 Å². The van der Waals surface area contributed by atoms with E-state index in [4.69, 9.17) is 4.74 Å². The molecule has 1 aromatic carbocycles. The van der Waals surface area contributed by atoms with Gasteiger partial charge in [0.1, 0.15) is 5.60 Å². The zero-order chi connectivity index (χ0) is 15.2. The van der Waals surface area contributed by atoms with Crippen LogP contribution >= 0.6 is 0 Å². The maximum absolute atomic E-state index is 11.6. The van der Waals surface area contributed by atoms with Crippen molar-refractivity contribution >= 4 is 6.09 Å². The number of aryl methyl sites for hydroxylation is 1. The molecule has 3 nitrogen and oxygen atoms in total. The SMILES string of the molecule is CC(C)CCc1cccc(CNC(=O)OC(C)(C)C)c1. The highest BCUT2D eigenvalue weighted by atomic mass is 16.6. The average Bonchev–Trinajstić information content (AvgIpc) is 2.32. The van der Waals surface area contributed by atoms with Gasteiger partial charge in [0.15, 0.2) is 0 Å². The molecule has 0 radical (unpaired) electrons. The fourth-order valence-corrected chi connectivity index (χ4v) is 1.84. The van der Waals surface area contributed by atoms with Gasteiger partial charge in [-0.15, -0.1) is 0 Å². The Labute approximate surface area is 122 Å². The molecule has 0 aliphatic rings. The minimum absolute atomic E-state index is 0.370. The third-order valence-corrected chi connectivity index (χ3v) is 2.84. The Morgan fingerprint density at radius 1 is 1.25 bits per heavy atom. The first-order valence-electron chi connectivity index (χ1n) is 7.31.